The van der Waals surface area contributed by atoms with Crippen molar-refractivity contribution in [1.29, 1.82) is 0 Å². The number of hydrogen-bond acceptors (Lipinski definition) is 3. The number of pyridine rings is 1. The number of aryl methyl sites for hydroxylation is 1. The Bertz CT molecular complexity index is 829. The summed E-state index contributed by atoms with van der Waals surface area (Å²) in [6.45, 7) is 6.88. The molecule has 0 radical (unpaired) electrons. The largest absolute Gasteiger partial charge is 0.331 e. The summed E-state index contributed by atoms with van der Waals surface area (Å²) in [5.41, 5.74) is 3.33. The molecule has 1 N–H and O–H groups in total. The van der Waals surface area contributed by atoms with Gasteiger partial charge < -0.3 is 14.7 Å². The van der Waals surface area contributed by atoms with Gasteiger partial charge in [0.05, 0.1) is 32.1 Å². The number of benzene rings is 1. The van der Waals surface area contributed by atoms with E-state index in [1.54, 1.807) is 4.90 Å². The second-order valence-electron chi connectivity index (χ2n) is 7.85. The van der Waals surface area contributed by atoms with E-state index in [1.807, 2.05) is 60.6 Å². The van der Waals surface area contributed by atoms with Gasteiger partial charge in [-0.25, -0.2) is 0 Å². The van der Waals surface area contributed by atoms with Crippen molar-refractivity contribution in [2.24, 2.45) is 5.92 Å². The van der Waals surface area contributed by atoms with Crippen molar-refractivity contribution in [3.8, 4) is 0 Å². The molecule has 3 heterocycles. The Morgan fingerprint density at radius 3 is 2.46 bits per heavy atom. The number of carbonyl (C=O) groups is 2. The summed E-state index contributed by atoms with van der Waals surface area (Å²) in [5, 5.41) is 0. The van der Waals surface area contributed by atoms with Crippen LogP contribution in [0.3, 0.4) is 0 Å². The van der Waals surface area contributed by atoms with Gasteiger partial charge in [0.1, 0.15) is 6.54 Å². The zero-order chi connectivity index (χ0) is 19.5. The molecule has 1 aromatic heterocycles. The standard InChI is InChI=1S/C22H26N4O2/c1-17-2-4-20(5-3-17)26-16-19(14-21(26)27)22(28)25-12-10-24(11-13-25)15-18-6-8-23-9-7-18/h2-9,19H,10-16H2,1H3/p+1/t19-/m0/s1. The Morgan fingerprint density at radius 1 is 1.11 bits per heavy atom. The average Bonchev–Trinajstić information content (AvgIpc) is 3.11. The highest BCUT2D eigenvalue weighted by Gasteiger charge is 2.38. The van der Waals surface area contributed by atoms with Crippen LogP contribution in [0.15, 0.2) is 48.8 Å². The maximum absolute atomic E-state index is 13.0. The van der Waals surface area contributed by atoms with Gasteiger partial charge in [-0.1, -0.05) is 17.7 Å². The molecule has 2 aliphatic rings. The van der Waals surface area contributed by atoms with Gasteiger partial charge in [-0.05, 0) is 31.2 Å². The van der Waals surface area contributed by atoms with Gasteiger partial charge in [0.15, 0.2) is 0 Å². The van der Waals surface area contributed by atoms with Crippen molar-refractivity contribution in [2.75, 3.05) is 37.6 Å². The van der Waals surface area contributed by atoms with Crippen LogP contribution in [0, 0.1) is 12.8 Å². The van der Waals surface area contributed by atoms with Crippen molar-refractivity contribution < 1.29 is 14.5 Å². The second-order valence-corrected chi connectivity index (χ2v) is 7.85. The highest BCUT2D eigenvalue weighted by atomic mass is 16.2. The molecule has 0 spiro atoms. The molecule has 2 aliphatic heterocycles. The summed E-state index contributed by atoms with van der Waals surface area (Å²) >= 11 is 0. The lowest BCUT2D eigenvalue weighted by molar-refractivity contribution is -0.917. The van der Waals surface area contributed by atoms with E-state index < -0.39 is 0 Å². The number of nitrogens with zero attached hydrogens (tertiary/aromatic N) is 3. The Kier molecular flexibility index (Phi) is 5.39. The predicted molar refractivity (Wildman–Crippen MR) is 107 cm³/mol. The lowest BCUT2D eigenvalue weighted by atomic mass is 10.1. The first-order valence-corrected chi connectivity index (χ1v) is 9.98. The van der Waals surface area contributed by atoms with E-state index in [9.17, 15) is 9.59 Å². The van der Waals surface area contributed by atoms with Gasteiger partial charge in [-0.2, -0.15) is 0 Å². The highest BCUT2D eigenvalue weighted by molar-refractivity contribution is 6.00. The molecule has 2 saturated heterocycles. The van der Waals surface area contributed by atoms with Crippen LogP contribution < -0.4 is 9.80 Å². The molecule has 1 aromatic carbocycles. The van der Waals surface area contributed by atoms with Crippen LogP contribution in [0.1, 0.15) is 17.5 Å². The van der Waals surface area contributed by atoms with Gasteiger partial charge in [0.2, 0.25) is 11.8 Å². The molecule has 0 bridgehead atoms. The SMILES string of the molecule is Cc1ccc(N2C[C@@H](C(=O)N3CC[NH+](Cc4ccncc4)CC3)CC2=O)cc1. The number of carbonyl (C=O) groups excluding carboxylic acids is 2. The fourth-order valence-electron chi connectivity index (χ4n) is 4.11. The average molecular weight is 379 g/mol. The molecule has 6 nitrogen and oxygen atoms in total. The van der Waals surface area contributed by atoms with Gasteiger partial charge in [0.25, 0.3) is 0 Å². The van der Waals surface area contributed by atoms with Gasteiger partial charge >= 0.3 is 0 Å². The lowest BCUT2D eigenvalue weighted by Crippen LogP contribution is -3.13. The summed E-state index contributed by atoms with van der Waals surface area (Å²) in [5.74, 6) is -0.0503. The third kappa shape index (κ3) is 4.07. The van der Waals surface area contributed by atoms with Crippen molar-refractivity contribution in [3.05, 3.63) is 59.9 Å². The number of aromatic nitrogens is 1. The van der Waals surface area contributed by atoms with Crippen LogP contribution in [-0.4, -0.2) is 54.4 Å². The number of anilines is 1. The van der Waals surface area contributed by atoms with Crippen LogP contribution in [0.4, 0.5) is 5.69 Å². The number of quaternary nitrogens is 1. The smallest absolute Gasteiger partial charge is 0.228 e. The molecule has 4 rings (SSSR count). The summed E-state index contributed by atoms with van der Waals surface area (Å²) in [7, 11) is 0. The molecule has 2 aromatic rings. The Morgan fingerprint density at radius 2 is 1.79 bits per heavy atom. The first kappa shape index (κ1) is 18.6. The predicted octanol–water partition coefficient (Wildman–Crippen LogP) is 0.670. The Hall–Kier alpha value is -2.73. The normalized spacial score (nSPS) is 20.6. The minimum absolute atomic E-state index is 0.0455. The third-order valence-electron chi connectivity index (χ3n) is 5.81. The molecule has 0 saturated carbocycles. The molecule has 1 atom stereocenters. The molecule has 2 fully saturated rings. The van der Waals surface area contributed by atoms with Crippen LogP contribution in [0.5, 0.6) is 0 Å². The number of amides is 2. The highest BCUT2D eigenvalue weighted by Crippen LogP contribution is 2.26. The van der Waals surface area contributed by atoms with E-state index >= 15 is 0 Å². The quantitative estimate of drug-likeness (QED) is 0.850. The molecule has 6 heteroatoms. The van der Waals surface area contributed by atoms with E-state index in [0.717, 1.165) is 44.0 Å². The van der Waals surface area contributed by atoms with Crippen molar-refractivity contribution in [2.45, 2.75) is 19.9 Å². The molecule has 146 valence electrons. The van der Waals surface area contributed by atoms with Crippen LogP contribution >= 0.6 is 0 Å². The first-order chi connectivity index (χ1) is 13.6. The Balaban J connectivity index is 1.32. The fraction of sp³-hybridized carbons (Fsp3) is 0.409. The molecule has 0 aliphatic carbocycles. The molecule has 0 unspecified atom stereocenters. The van der Waals surface area contributed by atoms with E-state index in [2.05, 4.69) is 4.98 Å². The monoisotopic (exact) mass is 379 g/mol. The second kappa shape index (κ2) is 8.10. The molecule has 2 amide bonds. The fourth-order valence-corrected chi connectivity index (χ4v) is 4.11. The van der Waals surface area contributed by atoms with Crippen LogP contribution in [0.2, 0.25) is 0 Å². The van der Waals surface area contributed by atoms with E-state index in [4.69, 9.17) is 0 Å². The van der Waals surface area contributed by atoms with Crippen LogP contribution in [0.25, 0.3) is 0 Å². The van der Waals surface area contributed by atoms with Gasteiger partial charge in [-0.15, -0.1) is 0 Å². The first-order valence-electron chi connectivity index (χ1n) is 9.98. The van der Waals surface area contributed by atoms with Crippen molar-refractivity contribution >= 4 is 17.5 Å². The summed E-state index contributed by atoms with van der Waals surface area (Å²) in [6.07, 6.45) is 3.97. The minimum atomic E-state index is -0.226. The summed E-state index contributed by atoms with van der Waals surface area (Å²) in [4.78, 5) is 34.7. The summed E-state index contributed by atoms with van der Waals surface area (Å²) < 4.78 is 0. The zero-order valence-corrected chi connectivity index (χ0v) is 16.3. The van der Waals surface area contributed by atoms with E-state index in [-0.39, 0.29) is 17.7 Å². The van der Waals surface area contributed by atoms with Crippen molar-refractivity contribution in [1.82, 2.24) is 9.88 Å². The lowest BCUT2D eigenvalue weighted by Gasteiger charge is -2.33. The van der Waals surface area contributed by atoms with Gasteiger partial charge in [-0.3, -0.25) is 14.6 Å². The number of rotatable bonds is 4. The number of nitrogens with one attached hydrogen (secondary N) is 1. The summed E-state index contributed by atoms with van der Waals surface area (Å²) in [6, 6.07) is 12.0. The Labute approximate surface area is 165 Å². The minimum Gasteiger partial charge on any atom is -0.331 e. The molecule has 28 heavy (non-hydrogen) atoms. The number of piperazine rings is 1. The topological polar surface area (TPSA) is 58.0 Å². The van der Waals surface area contributed by atoms with Gasteiger partial charge in [0, 0.05) is 36.6 Å². The van der Waals surface area contributed by atoms with E-state index in [0.29, 0.717) is 13.0 Å². The van der Waals surface area contributed by atoms with E-state index in [1.165, 1.54) is 10.5 Å². The third-order valence-corrected chi connectivity index (χ3v) is 5.81. The number of hydrogen-bond donors (Lipinski definition) is 1. The van der Waals surface area contributed by atoms with Crippen molar-refractivity contribution in [3.63, 3.8) is 0 Å². The van der Waals surface area contributed by atoms with Crippen LogP contribution in [-0.2, 0) is 16.1 Å². The zero-order valence-electron chi connectivity index (χ0n) is 16.3. The molecular formula is C22H27N4O2+. The maximum atomic E-state index is 13.0. The maximum Gasteiger partial charge on any atom is 0.228 e. The molecular weight excluding hydrogens is 352 g/mol.